The molecule has 0 aliphatic heterocycles. The summed E-state index contributed by atoms with van der Waals surface area (Å²) in [6.45, 7) is 6.89. The van der Waals surface area contributed by atoms with E-state index >= 15 is 0 Å². The van der Waals surface area contributed by atoms with E-state index in [2.05, 4.69) is 12.1 Å². The molecule has 0 aromatic carbocycles. The number of hydrogen-bond acceptors (Lipinski definition) is 2. The fraction of sp³-hybridized carbons (Fsp3) is 0.500. The molecule has 3 nitrogen and oxygen atoms in total. The molecule has 0 radical (unpaired) electrons. The van der Waals surface area contributed by atoms with E-state index in [-0.39, 0.29) is 12.0 Å². The summed E-state index contributed by atoms with van der Waals surface area (Å²) in [6, 6.07) is 0. The lowest BCUT2D eigenvalue weighted by atomic mass is 10.5. The van der Waals surface area contributed by atoms with Crippen molar-refractivity contribution >= 4 is 5.91 Å². The van der Waals surface area contributed by atoms with Crippen LogP contribution in [0.25, 0.3) is 0 Å². The SMILES string of the molecule is C=CC(=O)NOC(C)C. The van der Waals surface area contributed by atoms with Crippen molar-refractivity contribution in [2.45, 2.75) is 20.0 Å². The molecule has 0 aliphatic carbocycles. The van der Waals surface area contributed by atoms with Gasteiger partial charge in [-0.2, -0.15) is 0 Å². The number of hydroxylamine groups is 1. The average molecular weight is 129 g/mol. The number of rotatable bonds is 3. The summed E-state index contributed by atoms with van der Waals surface area (Å²) in [4.78, 5) is 15.1. The van der Waals surface area contributed by atoms with Gasteiger partial charge in [0.15, 0.2) is 0 Å². The molecule has 0 saturated heterocycles. The third-order valence-electron chi connectivity index (χ3n) is 0.581. The summed E-state index contributed by atoms with van der Waals surface area (Å²) >= 11 is 0. The molecule has 52 valence electrons. The van der Waals surface area contributed by atoms with Crippen LogP contribution in [-0.2, 0) is 9.63 Å². The minimum absolute atomic E-state index is 0.00824. The second-order valence-corrected chi connectivity index (χ2v) is 1.84. The maximum atomic E-state index is 10.4. The molecule has 0 spiro atoms. The van der Waals surface area contributed by atoms with Crippen molar-refractivity contribution in [3.8, 4) is 0 Å². The smallest absolute Gasteiger partial charge is 0.266 e. The van der Waals surface area contributed by atoms with Gasteiger partial charge in [0.05, 0.1) is 6.10 Å². The number of amides is 1. The topological polar surface area (TPSA) is 38.3 Å². The van der Waals surface area contributed by atoms with E-state index in [4.69, 9.17) is 4.84 Å². The molecule has 1 amide bonds. The second-order valence-electron chi connectivity index (χ2n) is 1.84. The van der Waals surface area contributed by atoms with Crippen LogP contribution in [0.3, 0.4) is 0 Å². The monoisotopic (exact) mass is 129 g/mol. The third-order valence-corrected chi connectivity index (χ3v) is 0.581. The summed E-state index contributed by atoms with van der Waals surface area (Å²) in [5.74, 6) is -0.316. The van der Waals surface area contributed by atoms with Crippen LogP contribution in [0.1, 0.15) is 13.8 Å². The minimum atomic E-state index is -0.316. The molecule has 0 aromatic rings. The van der Waals surface area contributed by atoms with Gasteiger partial charge in [0, 0.05) is 0 Å². The van der Waals surface area contributed by atoms with Crippen molar-refractivity contribution < 1.29 is 9.63 Å². The zero-order valence-corrected chi connectivity index (χ0v) is 5.68. The van der Waals surface area contributed by atoms with Gasteiger partial charge < -0.3 is 0 Å². The van der Waals surface area contributed by atoms with Crippen LogP contribution in [-0.4, -0.2) is 12.0 Å². The van der Waals surface area contributed by atoms with Crippen molar-refractivity contribution in [2.75, 3.05) is 0 Å². The quantitative estimate of drug-likeness (QED) is 0.448. The first-order valence-electron chi connectivity index (χ1n) is 2.75. The molecule has 0 unspecified atom stereocenters. The Morgan fingerprint density at radius 2 is 2.33 bits per heavy atom. The van der Waals surface area contributed by atoms with Crippen molar-refractivity contribution in [3.63, 3.8) is 0 Å². The lowest BCUT2D eigenvalue weighted by molar-refractivity contribution is -0.131. The number of nitrogens with one attached hydrogen (secondary N) is 1. The number of hydrogen-bond donors (Lipinski definition) is 1. The lowest BCUT2D eigenvalue weighted by Crippen LogP contribution is -2.24. The summed E-state index contributed by atoms with van der Waals surface area (Å²) in [6.07, 6.45) is 1.16. The van der Waals surface area contributed by atoms with Crippen molar-refractivity contribution in [1.29, 1.82) is 0 Å². The maximum absolute atomic E-state index is 10.4. The average Bonchev–Trinajstić information content (AvgIpc) is 1.83. The Balaban J connectivity index is 3.27. The van der Waals surface area contributed by atoms with E-state index in [0.717, 1.165) is 6.08 Å². The fourth-order valence-corrected chi connectivity index (χ4v) is 0.218. The van der Waals surface area contributed by atoms with Gasteiger partial charge in [-0.1, -0.05) is 6.58 Å². The molecular formula is C6H11NO2. The van der Waals surface area contributed by atoms with E-state index in [1.165, 1.54) is 0 Å². The minimum Gasteiger partial charge on any atom is -0.271 e. The highest BCUT2D eigenvalue weighted by molar-refractivity contribution is 5.85. The highest BCUT2D eigenvalue weighted by Crippen LogP contribution is 1.81. The Morgan fingerprint density at radius 3 is 2.67 bits per heavy atom. The highest BCUT2D eigenvalue weighted by Gasteiger charge is 1.94. The third kappa shape index (κ3) is 5.03. The lowest BCUT2D eigenvalue weighted by Gasteiger charge is -2.04. The van der Waals surface area contributed by atoms with E-state index in [0.29, 0.717) is 0 Å². The van der Waals surface area contributed by atoms with Gasteiger partial charge in [-0.15, -0.1) is 0 Å². The van der Waals surface area contributed by atoms with Crippen LogP contribution in [0, 0.1) is 0 Å². The molecule has 0 bridgehead atoms. The van der Waals surface area contributed by atoms with Crippen LogP contribution in [0.4, 0.5) is 0 Å². The molecule has 0 fully saturated rings. The molecule has 0 aliphatic rings. The van der Waals surface area contributed by atoms with Gasteiger partial charge in [-0.3, -0.25) is 9.63 Å². The van der Waals surface area contributed by atoms with E-state index < -0.39 is 0 Å². The predicted octanol–water partition coefficient (Wildman–Crippen LogP) is 0.629. The summed E-state index contributed by atoms with van der Waals surface area (Å²) < 4.78 is 0. The number of carbonyl (C=O) groups is 1. The normalized spacial score (nSPS) is 9.22. The number of carbonyl (C=O) groups excluding carboxylic acids is 1. The second kappa shape index (κ2) is 4.09. The fourth-order valence-electron chi connectivity index (χ4n) is 0.218. The summed E-state index contributed by atoms with van der Waals surface area (Å²) in [5, 5.41) is 0. The first-order chi connectivity index (χ1) is 4.16. The van der Waals surface area contributed by atoms with E-state index in [1.54, 1.807) is 0 Å². The standard InChI is InChI=1S/C6H11NO2/c1-4-6(8)7-9-5(2)3/h4-5H,1H2,2-3H3,(H,7,8). The molecule has 0 aromatic heterocycles. The summed E-state index contributed by atoms with van der Waals surface area (Å²) in [7, 11) is 0. The molecule has 1 N–H and O–H groups in total. The Kier molecular flexibility index (Phi) is 3.71. The van der Waals surface area contributed by atoms with E-state index in [1.807, 2.05) is 13.8 Å². The molecule has 0 saturated carbocycles. The van der Waals surface area contributed by atoms with Crippen LogP contribution in [0.2, 0.25) is 0 Å². The van der Waals surface area contributed by atoms with Crippen molar-refractivity contribution in [1.82, 2.24) is 5.48 Å². The summed E-state index contributed by atoms with van der Waals surface area (Å²) in [5.41, 5.74) is 2.17. The van der Waals surface area contributed by atoms with Crippen LogP contribution < -0.4 is 5.48 Å². The van der Waals surface area contributed by atoms with Gasteiger partial charge in [-0.25, -0.2) is 5.48 Å². The Bertz CT molecular complexity index is 110. The zero-order valence-electron chi connectivity index (χ0n) is 5.68. The highest BCUT2D eigenvalue weighted by atomic mass is 16.7. The Hall–Kier alpha value is -0.830. The molecule has 0 rings (SSSR count). The van der Waals surface area contributed by atoms with Crippen LogP contribution in [0.15, 0.2) is 12.7 Å². The Labute approximate surface area is 54.7 Å². The van der Waals surface area contributed by atoms with Gasteiger partial charge >= 0.3 is 0 Å². The van der Waals surface area contributed by atoms with Crippen LogP contribution >= 0.6 is 0 Å². The molecule has 9 heavy (non-hydrogen) atoms. The maximum Gasteiger partial charge on any atom is 0.266 e. The van der Waals surface area contributed by atoms with E-state index in [9.17, 15) is 4.79 Å². The zero-order chi connectivity index (χ0) is 7.28. The van der Waals surface area contributed by atoms with Crippen molar-refractivity contribution in [3.05, 3.63) is 12.7 Å². The molecule has 0 heterocycles. The van der Waals surface area contributed by atoms with Gasteiger partial charge in [0.1, 0.15) is 0 Å². The van der Waals surface area contributed by atoms with Crippen molar-refractivity contribution in [2.24, 2.45) is 0 Å². The van der Waals surface area contributed by atoms with Gasteiger partial charge in [0.2, 0.25) is 0 Å². The first-order valence-corrected chi connectivity index (χ1v) is 2.75. The molecular weight excluding hydrogens is 118 g/mol. The predicted molar refractivity (Wildman–Crippen MR) is 34.6 cm³/mol. The van der Waals surface area contributed by atoms with Gasteiger partial charge in [0.25, 0.3) is 5.91 Å². The largest absolute Gasteiger partial charge is 0.271 e. The van der Waals surface area contributed by atoms with Crippen LogP contribution in [0.5, 0.6) is 0 Å². The van der Waals surface area contributed by atoms with Gasteiger partial charge in [-0.05, 0) is 19.9 Å². The Morgan fingerprint density at radius 1 is 1.78 bits per heavy atom. The molecule has 0 atom stereocenters. The molecule has 3 heteroatoms. The first kappa shape index (κ1) is 8.17.